The van der Waals surface area contributed by atoms with E-state index in [2.05, 4.69) is 5.32 Å². The molecule has 0 unspecified atom stereocenters. The van der Waals surface area contributed by atoms with Gasteiger partial charge in [0.15, 0.2) is 0 Å². The molecule has 2 aromatic rings. The molecule has 0 radical (unpaired) electrons. The molecule has 152 valence electrons. The Morgan fingerprint density at radius 1 is 1.00 bits per heavy atom. The number of rotatable bonds is 2. The van der Waals surface area contributed by atoms with Crippen molar-refractivity contribution in [2.45, 2.75) is 26.2 Å². The molecule has 1 saturated carbocycles. The number of benzene rings is 2. The second-order valence-electron chi connectivity index (χ2n) is 7.79. The Hall–Kier alpha value is -3.41. The molecule has 1 N–H and O–H groups in total. The molecular formula is C24H21F2N3O. The van der Waals surface area contributed by atoms with Gasteiger partial charge in [-0.3, -0.25) is 9.69 Å². The number of nitrogens with zero attached hydrogens (tertiary/aromatic N) is 2. The molecule has 30 heavy (non-hydrogen) atoms. The fourth-order valence-corrected chi connectivity index (χ4v) is 4.12. The van der Waals surface area contributed by atoms with E-state index in [4.69, 9.17) is 0 Å². The quantitative estimate of drug-likeness (QED) is 0.740. The van der Waals surface area contributed by atoms with Crippen molar-refractivity contribution in [1.29, 1.82) is 0 Å². The normalized spacial score (nSPS) is 18.1. The minimum atomic E-state index is -0.572. The van der Waals surface area contributed by atoms with Crippen LogP contribution in [0.15, 0.2) is 71.7 Å². The van der Waals surface area contributed by atoms with Crippen molar-refractivity contribution in [3.05, 3.63) is 94.5 Å². The third-order valence-electron chi connectivity index (χ3n) is 5.92. The van der Waals surface area contributed by atoms with Crippen molar-refractivity contribution < 1.29 is 13.6 Å². The van der Waals surface area contributed by atoms with Crippen LogP contribution in [0.25, 0.3) is 0 Å². The van der Waals surface area contributed by atoms with Gasteiger partial charge in [-0.25, -0.2) is 8.78 Å². The smallest absolute Gasteiger partial charge is 0.264 e. The van der Waals surface area contributed by atoms with Crippen LogP contribution in [0.2, 0.25) is 0 Å². The van der Waals surface area contributed by atoms with Crippen molar-refractivity contribution >= 4 is 17.3 Å². The van der Waals surface area contributed by atoms with Crippen molar-refractivity contribution in [3.63, 3.8) is 0 Å². The fraction of sp³-hybridized carbons (Fsp3) is 0.208. The molecule has 2 aromatic carbocycles. The van der Waals surface area contributed by atoms with Gasteiger partial charge in [-0.2, -0.15) is 0 Å². The second kappa shape index (κ2) is 7.13. The van der Waals surface area contributed by atoms with E-state index in [1.54, 1.807) is 36.2 Å². The number of carbonyl (C=O) groups is 1. The van der Waals surface area contributed by atoms with Gasteiger partial charge in [0.1, 0.15) is 18.3 Å². The van der Waals surface area contributed by atoms with Crippen molar-refractivity contribution in [2.24, 2.45) is 0 Å². The van der Waals surface area contributed by atoms with E-state index in [1.165, 1.54) is 30.2 Å². The SMILES string of the molecule is Cc1cc(F)ccc1N1CN(C2=CNC(=C3CCC3)C=C2)C(=O)c2c(F)cccc21. The predicted octanol–water partition coefficient (Wildman–Crippen LogP) is 5.26. The highest BCUT2D eigenvalue weighted by atomic mass is 19.1. The number of dihydropyridines is 1. The molecule has 2 heterocycles. The van der Waals surface area contributed by atoms with Gasteiger partial charge in [-0.1, -0.05) is 6.07 Å². The monoisotopic (exact) mass is 405 g/mol. The Kier molecular flexibility index (Phi) is 4.42. The lowest BCUT2D eigenvalue weighted by atomic mass is 9.90. The van der Waals surface area contributed by atoms with Crippen LogP contribution < -0.4 is 10.2 Å². The summed E-state index contributed by atoms with van der Waals surface area (Å²) in [5.74, 6) is -1.30. The summed E-state index contributed by atoms with van der Waals surface area (Å²) in [4.78, 5) is 16.6. The summed E-state index contributed by atoms with van der Waals surface area (Å²) in [5.41, 5.74) is 5.05. The number of allylic oxidation sites excluding steroid dienone is 3. The molecule has 0 saturated heterocycles. The van der Waals surface area contributed by atoms with Crippen LogP contribution >= 0.6 is 0 Å². The predicted molar refractivity (Wildman–Crippen MR) is 112 cm³/mol. The van der Waals surface area contributed by atoms with Gasteiger partial charge >= 0.3 is 0 Å². The number of nitrogens with one attached hydrogen (secondary N) is 1. The Morgan fingerprint density at radius 2 is 1.83 bits per heavy atom. The first-order valence-electron chi connectivity index (χ1n) is 10.0. The Bertz CT molecular complexity index is 1140. The molecule has 0 bridgehead atoms. The number of hydrogen-bond donors (Lipinski definition) is 1. The number of aryl methyl sites for hydroxylation is 1. The van der Waals surface area contributed by atoms with E-state index in [-0.39, 0.29) is 18.0 Å². The van der Waals surface area contributed by atoms with Crippen molar-refractivity contribution in [3.8, 4) is 0 Å². The van der Waals surface area contributed by atoms with Crippen LogP contribution in [0.3, 0.4) is 0 Å². The maximum Gasteiger partial charge on any atom is 0.264 e. The standard InChI is InChI=1S/C24H21F2N3O/c1-15-12-17(25)8-11-21(15)29-14-28(24(30)23-19(26)6-3-7-22(23)29)18-9-10-20(27-13-18)16-4-2-5-16/h3,6-13,27H,2,4-5,14H2,1H3. The summed E-state index contributed by atoms with van der Waals surface area (Å²) in [6.45, 7) is 2.00. The average Bonchev–Trinajstić information content (AvgIpc) is 2.68. The zero-order valence-corrected chi connectivity index (χ0v) is 16.6. The molecule has 1 aliphatic carbocycles. The van der Waals surface area contributed by atoms with Crippen LogP contribution in [0, 0.1) is 18.6 Å². The van der Waals surface area contributed by atoms with E-state index in [0.717, 1.165) is 24.2 Å². The molecule has 0 spiro atoms. The number of anilines is 2. The van der Waals surface area contributed by atoms with Gasteiger partial charge < -0.3 is 10.2 Å². The zero-order valence-electron chi connectivity index (χ0n) is 16.6. The van der Waals surface area contributed by atoms with Crippen LogP contribution in [0.5, 0.6) is 0 Å². The van der Waals surface area contributed by atoms with Gasteiger partial charge in [0.2, 0.25) is 0 Å². The first kappa shape index (κ1) is 18.6. The van der Waals surface area contributed by atoms with E-state index in [9.17, 15) is 13.6 Å². The lowest BCUT2D eigenvalue weighted by molar-refractivity contribution is 0.0797. The van der Waals surface area contributed by atoms with Crippen LogP contribution in [-0.2, 0) is 0 Å². The minimum absolute atomic E-state index is 0.0184. The van der Waals surface area contributed by atoms with Crippen molar-refractivity contribution in [2.75, 3.05) is 11.6 Å². The fourth-order valence-electron chi connectivity index (χ4n) is 4.12. The van der Waals surface area contributed by atoms with Gasteiger partial charge in [-0.15, -0.1) is 0 Å². The summed E-state index contributed by atoms with van der Waals surface area (Å²) in [5, 5.41) is 3.28. The Labute approximate surface area is 173 Å². The van der Waals surface area contributed by atoms with Crippen LogP contribution in [-0.4, -0.2) is 17.5 Å². The summed E-state index contributed by atoms with van der Waals surface area (Å²) in [7, 11) is 0. The topological polar surface area (TPSA) is 35.6 Å². The molecule has 0 aromatic heterocycles. The molecule has 2 aliphatic heterocycles. The van der Waals surface area contributed by atoms with Gasteiger partial charge in [0.25, 0.3) is 5.91 Å². The summed E-state index contributed by atoms with van der Waals surface area (Å²) in [6, 6.07) is 9.07. The highest BCUT2D eigenvalue weighted by Crippen LogP contribution is 2.38. The van der Waals surface area contributed by atoms with E-state index in [1.807, 2.05) is 17.1 Å². The van der Waals surface area contributed by atoms with Crippen LogP contribution in [0.1, 0.15) is 35.2 Å². The largest absolute Gasteiger partial charge is 0.360 e. The van der Waals surface area contributed by atoms with Gasteiger partial charge in [-0.05, 0) is 79.8 Å². The molecule has 0 atom stereocenters. The molecule has 1 fully saturated rings. The first-order chi connectivity index (χ1) is 14.5. The third kappa shape index (κ3) is 3.00. The lowest BCUT2D eigenvalue weighted by Gasteiger charge is -2.39. The highest BCUT2D eigenvalue weighted by molar-refractivity contribution is 6.04. The number of carbonyl (C=O) groups excluding carboxylic acids is 1. The highest BCUT2D eigenvalue weighted by Gasteiger charge is 2.34. The Balaban J connectivity index is 1.56. The minimum Gasteiger partial charge on any atom is -0.360 e. The summed E-state index contributed by atoms with van der Waals surface area (Å²) < 4.78 is 28.4. The molecule has 6 heteroatoms. The first-order valence-corrected chi connectivity index (χ1v) is 10.0. The maximum absolute atomic E-state index is 14.7. The molecular weight excluding hydrogens is 384 g/mol. The molecule has 1 amide bonds. The molecule has 5 rings (SSSR count). The zero-order chi connectivity index (χ0) is 20.8. The summed E-state index contributed by atoms with van der Waals surface area (Å²) >= 11 is 0. The van der Waals surface area contributed by atoms with Gasteiger partial charge in [0.05, 0.1) is 16.9 Å². The van der Waals surface area contributed by atoms with E-state index in [0.29, 0.717) is 16.9 Å². The number of fused-ring (bicyclic) bond motifs is 1. The second-order valence-corrected chi connectivity index (χ2v) is 7.79. The Morgan fingerprint density at radius 3 is 2.50 bits per heavy atom. The maximum atomic E-state index is 14.7. The third-order valence-corrected chi connectivity index (χ3v) is 5.92. The number of hydrogen-bond acceptors (Lipinski definition) is 3. The molecule has 4 nitrogen and oxygen atoms in total. The van der Waals surface area contributed by atoms with E-state index < -0.39 is 11.7 Å². The average molecular weight is 405 g/mol. The summed E-state index contributed by atoms with van der Waals surface area (Å²) in [6.07, 6.45) is 9.04. The van der Waals surface area contributed by atoms with E-state index >= 15 is 0 Å². The lowest BCUT2D eigenvalue weighted by Crippen LogP contribution is -2.45. The van der Waals surface area contributed by atoms with Crippen LogP contribution in [0.4, 0.5) is 20.2 Å². The number of halogens is 2. The number of amides is 1. The molecule has 3 aliphatic rings. The van der Waals surface area contributed by atoms with Gasteiger partial charge in [0, 0.05) is 17.6 Å². The van der Waals surface area contributed by atoms with Crippen molar-refractivity contribution in [1.82, 2.24) is 10.2 Å².